The predicted molar refractivity (Wildman–Crippen MR) is 43.9 cm³/mol. The Morgan fingerprint density at radius 1 is 1.40 bits per heavy atom. The van der Waals surface area contributed by atoms with Gasteiger partial charge < -0.3 is 4.74 Å². The van der Waals surface area contributed by atoms with E-state index < -0.39 is 36.2 Å². The van der Waals surface area contributed by atoms with Crippen LogP contribution in [0.25, 0.3) is 0 Å². The van der Waals surface area contributed by atoms with Crippen LogP contribution in [0.3, 0.4) is 0 Å². The molecule has 0 unspecified atom stereocenters. The summed E-state index contributed by atoms with van der Waals surface area (Å²) in [6.07, 6.45) is -5.42. The molecule has 1 aliphatic rings. The average molecular weight is 224 g/mol. The molecule has 0 aromatic heterocycles. The molecule has 0 aliphatic heterocycles. The number of ketones is 1. The van der Waals surface area contributed by atoms with Crippen molar-refractivity contribution in [1.82, 2.24) is 0 Å². The lowest BCUT2D eigenvalue weighted by molar-refractivity contribution is -0.190. The summed E-state index contributed by atoms with van der Waals surface area (Å²) in [7, 11) is 1.10. The van der Waals surface area contributed by atoms with Gasteiger partial charge in [0.1, 0.15) is 5.78 Å². The van der Waals surface area contributed by atoms with E-state index in [2.05, 4.69) is 4.74 Å². The Bertz CT molecular complexity index is 272. The Labute approximate surface area is 84.6 Å². The largest absolute Gasteiger partial charge is 0.469 e. The summed E-state index contributed by atoms with van der Waals surface area (Å²) < 4.78 is 41.4. The number of ether oxygens (including phenoxy) is 1. The zero-order chi connectivity index (χ0) is 11.6. The van der Waals surface area contributed by atoms with Crippen molar-refractivity contribution in [2.24, 2.45) is 11.8 Å². The number of carbonyl (C=O) groups excluding carboxylic acids is 2. The minimum atomic E-state index is -4.41. The van der Waals surface area contributed by atoms with Crippen LogP contribution >= 0.6 is 0 Å². The fourth-order valence-corrected chi connectivity index (χ4v) is 1.74. The molecule has 0 saturated heterocycles. The van der Waals surface area contributed by atoms with Crippen molar-refractivity contribution in [3.8, 4) is 0 Å². The third kappa shape index (κ3) is 2.94. The molecule has 1 saturated carbocycles. The van der Waals surface area contributed by atoms with Crippen molar-refractivity contribution in [1.29, 1.82) is 0 Å². The smallest absolute Gasteiger partial charge is 0.392 e. The van der Waals surface area contributed by atoms with Crippen molar-refractivity contribution in [2.75, 3.05) is 7.11 Å². The number of halogens is 3. The Morgan fingerprint density at radius 3 is 2.47 bits per heavy atom. The van der Waals surface area contributed by atoms with E-state index >= 15 is 0 Å². The molecule has 6 heteroatoms. The van der Waals surface area contributed by atoms with Crippen LogP contribution in [-0.4, -0.2) is 25.0 Å². The van der Waals surface area contributed by atoms with Crippen LogP contribution in [0.4, 0.5) is 13.2 Å². The maximum absolute atomic E-state index is 12.4. The van der Waals surface area contributed by atoms with Gasteiger partial charge in [-0.25, -0.2) is 0 Å². The van der Waals surface area contributed by atoms with Crippen LogP contribution < -0.4 is 0 Å². The molecule has 0 spiro atoms. The van der Waals surface area contributed by atoms with Gasteiger partial charge in [0, 0.05) is 12.8 Å². The molecule has 0 bridgehead atoms. The second kappa shape index (κ2) is 4.20. The summed E-state index contributed by atoms with van der Waals surface area (Å²) in [6, 6.07) is 0. The van der Waals surface area contributed by atoms with E-state index in [1.807, 2.05) is 0 Å². The van der Waals surface area contributed by atoms with Gasteiger partial charge in [0.05, 0.1) is 18.9 Å². The molecule has 1 fully saturated rings. The third-order valence-corrected chi connectivity index (χ3v) is 2.51. The van der Waals surface area contributed by atoms with Crippen LogP contribution in [0.15, 0.2) is 0 Å². The molecule has 0 radical (unpaired) electrons. The second-order valence-electron chi connectivity index (χ2n) is 3.64. The van der Waals surface area contributed by atoms with E-state index in [0.717, 1.165) is 7.11 Å². The monoisotopic (exact) mass is 224 g/mol. The van der Waals surface area contributed by atoms with Gasteiger partial charge >= 0.3 is 12.1 Å². The number of esters is 1. The van der Waals surface area contributed by atoms with Gasteiger partial charge in [-0.15, -0.1) is 0 Å². The number of alkyl halides is 3. The summed E-state index contributed by atoms with van der Waals surface area (Å²) in [5.41, 5.74) is 0. The van der Waals surface area contributed by atoms with E-state index in [-0.39, 0.29) is 12.8 Å². The van der Waals surface area contributed by atoms with Gasteiger partial charge in [0.25, 0.3) is 0 Å². The molecular formula is C9H11F3O3. The number of Topliss-reactive ketones (excluding diaryl/α,β-unsaturated/α-hetero) is 1. The summed E-state index contributed by atoms with van der Waals surface area (Å²) in [6.45, 7) is 0. The average Bonchev–Trinajstić information content (AvgIpc) is 2.14. The van der Waals surface area contributed by atoms with Crippen LogP contribution in [0.5, 0.6) is 0 Å². The molecule has 0 aromatic carbocycles. The highest BCUT2D eigenvalue weighted by Gasteiger charge is 2.46. The Hall–Kier alpha value is -1.07. The summed E-state index contributed by atoms with van der Waals surface area (Å²) >= 11 is 0. The fourth-order valence-electron chi connectivity index (χ4n) is 1.74. The molecule has 1 rings (SSSR count). The molecule has 1 aliphatic carbocycles. The van der Waals surface area contributed by atoms with E-state index in [1.165, 1.54) is 0 Å². The van der Waals surface area contributed by atoms with E-state index in [1.54, 1.807) is 0 Å². The number of carbonyl (C=O) groups is 2. The summed E-state index contributed by atoms with van der Waals surface area (Å²) in [5.74, 6) is -3.91. The van der Waals surface area contributed by atoms with Gasteiger partial charge in [0.15, 0.2) is 0 Å². The molecule has 2 atom stereocenters. The summed E-state index contributed by atoms with van der Waals surface area (Å²) in [5, 5.41) is 0. The fraction of sp³-hybridized carbons (Fsp3) is 0.778. The van der Waals surface area contributed by atoms with Crippen LogP contribution in [0, 0.1) is 11.8 Å². The maximum Gasteiger partial charge on any atom is 0.392 e. The quantitative estimate of drug-likeness (QED) is 0.637. The van der Waals surface area contributed by atoms with Gasteiger partial charge in [-0.05, 0) is 6.42 Å². The van der Waals surface area contributed by atoms with Gasteiger partial charge in [-0.2, -0.15) is 13.2 Å². The van der Waals surface area contributed by atoms with Crippen molar-refractivity contribution < 1.29 is 27.5 Å². The van der Waals surface area contributed by atoms with Gasteiger partial charge in [-0.3, -0.25) is 9.59 Å². The lowest BCUT2D eigenvalue weighted by Gasteiger charge is -2.27. The Morgan fingerprint density at radius 2 is 2.00 bits per heavy atom. The zero-order valence-corrected chi connectivity index (χ0v) is 8.13. The maximum atomic E-state index is 12.4. The van der Waals surface area contributed by atoms with Gasteiger partial charge in [-0.1, -0.05) is 0 Å². The van der Waals surface area contributed by atoms with E-state index in [4.69, 9.17) is 0 Å². The lowest BCUT2D eigenvalue weighted by Crippen LogP contribution is -2.36. The third-order valence-electron chi connectivity index (χ3n) is 2.51. The SMILES string of the molecule is COC(=O)[C@@H]1CC(=O)C[C@@H](C(F)(F)F)C1. The molecule has 15 heavy (non-hydrogen) atoms. The van der Waals surface area contributed by atoms with Crippen molar-refractivity contribution in [2.45, 2.75) is 25.4 Å². The highest BCUT2D eigenvalue weighted by molar-refractivity contribution is 5.85. The minimum absolute atomic E-state index is 0.140. The first-order chi connectivity index (χ1) is 6.84. The number of hydrogen-bond donors (Lipinski definition) is 0. The first-order valence-electron chi connectivity index (χ1n) is 4.51. The number of hydrogen-bond acceptors (Lipinski definition) is 3. The molecular weight excluding hydrogens is 213 g/mol. The topological polar surface area (TPSA) is 43.4 Å². The van der Waals surface area contributed by atoms with E-state index in [0.29, 0.717) is 0 Å². The second-order valence-corrected chi connectivity index (χ2v) is 3.64. The Kier molecular flexibility index (Phi) is 3.36. The molecule has 86 valence electrons. The first-order valence-corrected chi connectivity index (χ1v) is 4.51. The standard InChI is InChI=1S/C9H11F3O3/c1-15-8(14)5-2-6(9(10,11)12)4-7(13)3-5/h5-6H,2-4H2,1H3/t5-,6-/m0/s1. The van der Waals surface area contributed by atoms with Crippen LogP contribution in [0.2, 0.25) is 0 Å². The van der Waals surface area contributed by atoms with Crippen molar-refractivity contribution in [3.05, 3.63) is 0 Å². The van der Waals surface area contributed by atoms with Gasteiger partial charge in [0.2, 0.25) is 0 Å². The normalized spacial score (nSPS) is 27.6. The molecule has 0 N–H and O–H groups in total. The van der Waals surface area contributed by atoms with Crippen LogP contribution in [0.1, 0.15) is 19.3 Å². The molecule has 3 nitrogen and oxygen atoms in total. The number of rotatable bonds is 1. The highest BCUT2D eigenvalue weighted by atomic mass is 19.4. The minimum Gasteiger partial charge on any atom is -0.469 e. The lowest BCUT2D eigenvalue weighted by atomic mass is 9.80. The Balaban J connectivity index is 2.72. The van der Waals surface area contributed by atoms with Crippen molar-refractivity contribution >= 4 is 11.8 Å². The zero-order valence-electron chi connectivity index (χ0n) is 8.13. The number of methoxy groups -OCH3 is 1. The first kappa shape index (κ1) is 12.0. The van der Waals surface area contributed by atoms with Crippen molar-refractivity contribution in [3.63, 3.8) is 0 Å². The molecule has 0 amide bonds. The predicted octanol–water partition coefficient (Wildman–Crippen LogP) is 1.71. The van der Waals surface area contributed by atoms with Crippen LogP contribution in [-0.2, 0) is 14.3 Å². The molecule has 0 heterocycles. The molecule has 0 aromatic rings. The highest BCUT2D eigenvalue weighted by Crippen LogP contribution is 2.38. The van der Waals surface area contributed by atoms with E-state index in [9.17, 15) is 22.8 Å². The summed E-state index contributed by atoms with van der Waals surface area (Å²) in [4.78, 5) is 22.1.